The minimum Gasteiger partial charge on any atom is -0.368 e. The summed E-state index contributed by atoms with van der Waals surface area (Å²) in [5, 5.41) is 14.9. The summed E-state index contributed by atoms with van der Waals surface area (Å²) in [6, 6.07) is 3.83. The first-order chi connectivity index (χ1) is 20.3. The lowest BCUT2D eigenvalue weighted by molar-refractivity contribution is 0.540. The number of hydrogen-bond donors (Lipinski definition) is 1. The van der Waals surface area contributed by atoms with Crippen molar-refractivity contribution < 1.29 is 0 Å². The summed E-state index contributed by atoms with van der Waals surface area (Å²) < 4.78 is 2.00. The normalized spacial score (nSPS) is 13.7. The van der Waals surface area contributed by atoms with Gasteiger partial charge >= 0.3 is 0 Å². The molecule has 1 N–H and O–H groups in total. The molecule has 0 aliphatic carbocycles. The van der Waals surface area contributed by atoms with Gasteiger partial charge in [0, 0.05) is 32.8 Å². The summed E-state index contributed by atoms with van der Waals surface area (Å²) >= 11 is 0. The Labute approximate surface area is 258 Å². The maximum Gasteiger partial charge on any atom is 0.173 e. The fraction of sp³-hybridized carbons (Fsp3) is 0.472. The molecule has 2 heterocycles. The summed E-state index contributed by atoms with van der Waals surface area (Å²) in [5.41, 5.74) is 5.79. The summed E-state index contributed by atoms with van der Waals surface area (Å²) in [6.45, 7) is 30.0. The van der Waals surface area contributed by atoms with E-state index in [2.05, 4.69) is 68.0 Å². The van der Waals surface area contributed by atoms with E-state index in [0.717, 1.165) is 60.5 Å². The highest BCUT2D eigenvalue weighted by atomic mass is 15.3. The number of hydrogen-bond acceptors (Lipinski definition) is 5. The molecular formula is C36H58N6. The van der Waals surface area contributed by atoms with Gasteiger partial charge in [-0.1, -0.05) is 89.5 Å². The van der Waals surface area contributed by atoms with Crippen molar-refractivity contribution in [2.45, 2.75) is 87.1 Å². The van der Waals surface area contributed by atoms with E-state index in [1.807, 2.05) is 75.2 Å². The lowest BCUT2D eigenvalue weighted by Gasteiger charge is -2.29. The largest absolute Gasteiger partial charge is 0.368 e. The number of nitrogens with one attached hydrogen (secondary N) is 1. The van der Waals surface area contributed by atoms with Gasteiger partial charge in [0.2, 0.25) is 0 Å². The van der Waals surface area contributed by atoms with Crippen LogP contribution in [0.2, 0.25) is 0 Å². The molecule has 0 atom stereocenters. The molecule has 0 spiro atoms. The van der Waals surface area contributed by atoms with Gasteiger partial charge in [0.15, 0.2) is 5.49 Å². The van der Waals surface area contributed by atoms with Gasteiger partial charge in [0.1, 0.15) is 0 Å². The molecule has 1 fully saturated rings. The van der Waals surface area contributed by atoms with E-state index in [9.17, 15) is 0 Å². The number of allylic oxidation sites excluding steroid dienone is 10. The second kappa shape index (κ2) is 27.5. The summed E-state index contributed by atoms with van der Waals surface area (Å²) in [4.78, 5) is 7.31. The maximum absolute atomic E-state index is 7.32. The van der Waals surface area contributed by atoms with Crippen molar-refractivity contribution in [2.75, 3.05) is 31.6 Å². The van der Waals surface area contributed by atoms with Crippen LogP contribution in [0, 0.1) is 11.3 Å². The highest BCUT2D eigenvalue weighted by Crippen LogP contribution is 2.16. The number of anilines is 1. The predicted molar refractivity (Wildman–Crippen MR) is 185 cm³/mol. The van der Waals surface area contributed by atoms with Crippen molar-refractivity contribution in [3.63, 3.8) is 0 Å². The number of piperidine rings is 1. The Morgan fingerprint density at radius 1 is 1.10 bits per heavy atom. The molecule has 2 rings (SSSR count). The molecule has 0 radical (unpaired) electrons. The quantitative estimate of drug-likeness (QED) is 0.254. The average Bonchev–Trinajstić information content (AvgIpc) is 3.00. The number of rotatable bonds is 12. The molecular weight excluding hydrogens is 516 g/mol. The van der Waals surface area contributed by atoms with Crippen LogP contribution in [0.1, 0.15) is 80.6 Å². The van der Waals surface area contributed by atoms with Crippen LogP contribution in [-0.2, 0) is 6.54 Å². The molecule has 1 aromatic heterocycles. The zero-order valence-corrected chi connectivity index (χ0v) is 27.9. The predicted octanol–water partition coefficient (Wildman–Crippen LogP) is 8.62. The molecule has 0 aromatic carbocycles. The Hall–Kier alpha value is -3.69. The SMILES string of the molecule is C=C/C(=C/C=C(C)/C=C/C(=C)N=c1c(N2CCCCC2)ccnn1CCC)C(=C)/C=C\C.CC.CC#N.CCCNC. The number of nitriles is 1. The standard InChI is InChI=1S/C28H38N4.C4H11N.C2H3N.C2H6/c1-7-13-24(5)26(9-3)17-15-23(4)14-16-25(6)30-28-27(31-21-11-10-12-22-31)18-19-29-32(28)20-8-2;1-3-4-5-2;1-2-3;1-2/h7,9,13-19H,3,5-6,8,10-12,20-22H2,1-2,4H3;5H,3-4H2,1-2H3;1H3;1-2H3/b13-7-,16-14+,23-15+,26-17-,30-28?;;;. The Morgan fingerprint density at radius 3 is 2.24 bits per heavy atom. The van der Waals surface area contributed by atoms with Gasteiger partial charge in [-0.3, -0.25) is 0 Å². The zero-order chi connectivity index (χ0) is 32.2. The first-order valence-corrected chi connectivity index (χ1v) is 15.3. The van der Waals surface area contributed by atoms with Crippen LogP contribution in [-0.4, -0.2) is 36.5 Å². The molecule has 6 nitrogen and oxygen atoms in total. The Morgan fingerprint density at radius 2 is 1.74 bits per heavy atom. The molecule has 42 heavy (non-hydrogen) atoms. The number of aryl methyl sites for hydroxylation is 1. The van der Waals surface area contributed by atoms with Gasteiger partial charge in [-0.05, 0) is 82.8 Å². The van der Waals surface area contributed by atoms with E-state index in [4.69, 9.17) is 10.3 Å². The third-order valence-electron chi connectivity index (χ3n) is 5.82. The van der Waals surface area contributed by atoms with Crippen LogP contribution in [0.3, 0.4) is 0 Å². The summed E-state index contributed by atoms with van der Waals surface area (Å²) in [5.74, 6) is 0. The molecule has 1 aliphatic heterocycles. The molecule has 0 amide bonds. The first kappa shape index (κ1) is 40.4. The lowest BCUT2D eigenvalue weighted by atomic mass is 10.1. The Bertz CT molecular complexity index is 1130. The number of nitrogens with zero attached hydrogens (tertiary/aromatic N) is 5. The molecule has 0 unspecified atom stereocenters. The van der Waals surface area contributed by atoms with E-state index in [1.54, 1.807) is 6.07 Å². The monoisotopic (exact) mass is 574 g/mol. The highest BCUT2D eigenvalue weighted by Gasteiger charge is 2.14. The van der Waals surface area contributed by atoms with Gasteiger partial charge in [-0.15, -0.1) is 0 Å². The van der Waals surface area contributed by atoms with Crippen LogP contribution < -0.4 is 15.7 Å². The molecule has 232 valence electrons. The van der Waals surface area contributed by atoms with Gasteiger partial charge in [-0.25, -0.2) is 9.67 Å². The van der Waals surface area contributed by atoms with Gasteiger partial charge < -0.3 is 10.2 Å². The second-order valence-corrected chi connectivity index (χ2v) is 9.34. The fourth-order valence-corrected chi connectivity index (χ4v) is 3.85. The van der Waals surface area contributed by atoms with E-state index < -0.39 is 0 Å². The third-order valence-corrected chi connectivity index (χ3v) is 5.82. The summed E-state index contributed by atoms with van der Waals surface area (Å²) in [6.07, 6.45) is 21.7. The lowest BCUT2D eigenvalue weighted by Crippen LogP contribution is -2.37. The van der Waals surface area contributed by atoms with E-state index in [0.29, 0.717) is 5.70 Å². The first-order valence-electron chi connectivity index (χ1n) is 15.3. The van der Waals surface area contributed by atoms with Crippen LogP contribution in [0.4, 0.5) is 5.69 Å². The molecule has 1 aliphatic rings. The van der Waals surface area contributed by atoms with E-state index in [-0.39, 0.29) is 0 Å². The second-order valence-electron chi connectivity index (χ2n) is 9.34. The average molecular weight is 575 g/mol. The zero-order valence-electron chi connectivity index (χ0n) is 27.9. The fourth-order valence-electron chi connectivity index (χ4n) is 3.85. The van der Waals surface area contributed by atoms with Crippen LogP contribution in [0.15, 0.2) is 102 Å². The van der Waals surface area contributed by atoms with Crippen LogP contribution >= 0.6 is 0 Å². The molecule has 0 bridgehead atoms. The van der Waals surface area contributed by atoms with E-state index >= 15 is 0 Å². The third kappa shape index (κ3) is 17.9. The molecule has 0 saturated carbocycles. The molecule has 6 heteroatoms. The van der Waals surface area contributed by atoms with Gasteiger partial charge in [0.25, 0.3) is 0 Å². The topological polar surface area (TPSA) is 69.2 Å². The number of aromatic nitrogens is 2. The summed E-state index contributed by atoms with van der Waals surface area (Å²) in [7, 11) is 1.96. The minimum atomic E-state index is 0.708. The minimum absolute atomic E-state index is 0.708. The maximum atomic E-state index is 7.32. The van der Waals surface area contributed by atoms with Crippen molar-refractivity contribution >= 4 is 5.69 Å². The van der Waals surface area contributed by atoms with Crippen LogP contribution in [0.5, 0.6) is 0 Å². The van der Waals surface area contributed by atoms with Crippen molar-refractivity contribution in [1.29, 1.82) is 5.26 Å². The Balaban J connectivity index is 0. The molecule has 1 aromatic rings. The van der Waals surface area contributed by atoms with Gasteiger partial charge in [0.05, 0.1) is 17.5 Å². The Kier molecular flexibility index (Phi) is 26.5. The molecule has 1 saturated heterocycles. The van der Waals surface area contributed by atoms with Crippen LogP contribution in [0.25, 0.3) is 0 Å². The van der Waals surface area contributed by atoms with Crippen molar-refractivity contribution in [2.24, 2.45) is 4.99 Å². The van der Waals surface area contributed by atoms with Crippen molar-refractivity contribution in [3.8, 4) is 6.07 Å². The smallest absolute Gasteiger partial charge is 0.173 e. The van der Waals surface area contributed by atoms with Gasteiger partial charge in [-0.2, -0.15) is 10.4 Å². The van der Waals surface area contributed by atoms with Crippen molar-refractivity contribution in [1.82, 2.24) is 15.1 Å². The highest BCUT2D eigenvalue weighted by molar-refractivity contribution is 5.46. The van der Waals surface area contributed by atoms with E-state index in [1.165, 1.54) is 32.6 Å². The van der Waals surface area contributed by atoms with Crippen molar-refractivity contribution in [3.05, 3.63) is 102 Å².